The van der Waals surface area contributed by atoms with Crippen molar-refractivity contribution in [2.45, 2.75) is 0 Å². The predicted molar refractivity (Wildman–Crippen MR) is 83.9 cm³/mol. The molecular weight excluding hydrogens is 286 g/mol. The van der Waals surface area contributed by atoms with Gasteiger partial charge in [-0.2, -0.15) is 5.10 Å². The van der Waals surface area contributed by atoms with Crippen LogP contribution < -0.4 is 14.9 Å². The first-order valence-electron chi connectivity index (χ1n) is 6.40. The fraction of sp³-hybridized carbons (Fsp3) is 0.133. The molecule has 2 rings (SSSR count). The molecule has 22 heavy (non-hydrogen) atoms. The molecule has 0 aliphatic heterocycles. The number of hydrogen-bond donors (Lipinski definition) is 1. The Labute approximate surface area is 127 Å². The third-order valence-corrected chi connectivity index (χ3v) is 2.93. The summed E-state index contributed by atoms with van der Waals surface area (Å²) < 4.78 is 10.4. The fourth-order valence-corrected chi connectivity index (χ4v) is 1.82. The topological polar surface area (TPSA) is 86.0 Å². The monoisotopic (exact) mass is 301 g/mol. The van der Waals surface area contributed by atoms with E-state index in [9.17, 15) is 10.1 Å². The molecule has 0 spiro atoms. The molecule has 7 nitrogen and oxygen atoms in total. The molecule has 2 aromatic carbocycles. The van der Waals surface area contributed by atoms with E-state index >= 15 is 0 Å². The zero-order valence-corrected chi connectivity index (χ0v) is 12.1. The van der Waals surface area contributed by atoms with Gasteiger partial charge in [0.1, 0.15) is 17.2 Å². The molecule has 0 amide bonds. The SMILES string of the molecule is COc1ccc(/C=N\Nc2ccccc2[N+](=O)[O-])c(OC)c1. The Morgan fingerprint density at radius 2 is 1.95 bits per heavy atom. The molecule has 114 valence electrons. The van der Waals surface area contributed by atoms with Crippen LogP contribution >= 0.6 is 0 Å². The van der Waals surface area contributed by atoms with E-state index in [1.54, 1.807) is 50.6 Å². The normalized spacial score (nSPS) is 10.5. The highest BCUT2D eigenvalue weighted by molar-refractivity contribution is 5.84. The van der Waals surface area contributed by atoms with Crippen LogP contribution in [0.2, 0.25) is 0 Å². The molecule has 0 atom stereocenters. The van der Waals surface area contributed by atoms with Crippen molar-refractivity contribution in [1.29, 1.82) is 0 Å². The largest absolute Gasteiger partial charge is 0.497 e. The summed E-state index contributed by atoms with van der Waals surface area (Å²) in [6.45, 7) is 0. The van der Waals surface area contributed by atoms with Gasteiger partial charge in [-0.15, -0.1) is 0 Å². The Morgan fingerprint density at radius 1 is 1.18 bits per heavy atom. The van der Waals surface area contributed by atoms with Crippen molar-refractivity contribution in [1.82, 2.24) is 0 Å². The lowest BCUT2D eigenvalue weighted by atomic mass is 10.2. The highest BCUT2D eigenvalue weighted by Crippen LogP contribution is 2.24. The van der Waals surface area contributed by atoms with Gasteiger partial charge in [0.2, 0.25) is 0 Å². The van der Waals surface area contributed by atoms with Crippen LogP contribution in [0.5, 0.6) is 11.5 Å². The van der Waals surface area contributed by atoms with Gasteiger partial charge in [-0.3, -0.25) is 15.5 Å². The Kier molecular flexibility index (Phi) is 4.92. The van der Waals surface area contributed by atoms with Crippen molar-refractivity contribution in [2.75, 3.05) is 19.6 Å². The average molecular weight is 301 g/mol. The Bertz CT molecular complexity index is 701. The molecule has 2 aromatic rings. The van der Waals surface area contributed by atoms with Gasteiger partial charge in [0.25, 0.3) is 5.69 Å². The summed E-state index contributed by atoms with van der Waals surface area (Å²) in [6, 6.07) is 11.6. The van der Waals surface area contributed by atoms with Gasteiger partial charge < -0.3 is 9.47 Å². The van der Waals surface area contributed by atoms with E-state index in [2.05, 4.69) is 10.5 Å². The van der Waals surface area contributed by atoms with Crippen molar-refractivity contribution in [3.8, 4) is 11.5 Å². The number of anilines is 1. The van der Waals surface area contributed by atoms with Crippen molar-refractivity contribution in [3.05, 3.63) is 58.1 Å². The van der Waals surface area contributed by atoms with Crippen LogP contribution in [0.1, 0.15) is 5.56 Å². The van der Waals surface area contributed by atoms with Crippen LogP contribution in [0.3, 0.4) is 0 Å². The number of hydrogen-bond acceptors (Lipinski definition) is 6. The minimum absolute atomic E-state index is 0.0404. The average Bonchev–Trinajstić information content (AvgIpc) is 2.55. The van der Waals surface area contributed by atoms with E-state index in [0.29, 0.717) is 17.2 Å². The number of ether oxygens (including phenoxy) is 2. The van der Waals surface area contributed by atoms with Gasteiger partial charge in [-0.25, -0.2) is 0 Å². The van der Waals surface area contributed by atoms with E-state index in [1.165, 1.54) is 12.3 Å². The zero-order chi connectivity index (χ0) is 15.9. The number of rotatable bonds is 6. The third-order valence-electron chi connectivity index (χ3n) is 2.93. The molecule has 0 saturated carbocycles. The highest BCUT2D eigenvalue weighted by atomic mass is 16.6. The lowest BCUT2D eigenvalue weighted by Crippen LogP contribution is -1.97. The summed E-state index contributed by atoms with van der Waals surface area (Å²) in [5.74, 6) is 1.26. The third kappa shape index (κ3) is 3.51. The number of hydrazone groups is 1. The van der Waals surface area contributed by atoms with Gasteiger partial charge in [-0.05, 0) is 18.2 Å². The molecular formula is C15H15N3O4. The first kappa shape index (κ1) is 15.3. The Hall–Kier alpha value is -3.09. The first-order chi connectivity index (χ1) is 10.7. The molecule has 0 heterocycles. The molecule has 0 radical (unpaired) electrons. The molecule has 0 unspecified atom stereocenters. The molecule has 0 bridgehead atoms. The minimum atomic E-state index is -0.466. The van der Waals surface area contributed by atoms with Gasteiger partial charge in [-0.1, -0.05) is 12.1 Å². The number of methoxy groups -OCH3 is 2. The number of nitro groups is 1. The van der Waals surface area contributed by atoms with Crippen molar-refractivity contribution in [2.24, 2.45) is 5.10 Å². The minimum Gasteiger partial charge on any atom is -0.497 e. The van der Waals surface area contributed by atoms with Gasteiger partial charge in [0, 0.05) is 17.7 Å². The summed E-state index contributed by atoms with van der Waals surface area (Å²) in [6.07, 6.45) is 1.52. The summed E-state index contributed by atoms with van der Waals surface area (Å²) >= 11 is 0. The molecule has 0 fully saturated rings. The fourth-order valence-electron chi connectivity index (χ4n) is 1.82. The summed E-state index contributed by atoms with van der Waals surface area (Å²) in [5.41, 5.74) is 3.66. The molecule has 0 aliphatic rings. The lowest BCUT2D eigenvalue weighted by Gasteiger charge is -2.07. The molecule has 0 saturated heterocycles. The van der Waals surface area contributed by atoms with E-state index in [1.807, 2.05) is 0 Å². The molecule has 1 N–H and O–H groups in total. The predicted octanol–water partition coefficient (Wildman–Crippen LogP) is 3.06. The number of benzene rings is 2. The van der Waals surface area contributed by atoms with Gasteiger partial charge in [0.15, 0.2) is 0 Å². The molecule has 7 heteroatoms. The van der Waals surface area contributed by atoms with E-state index in [4.69, 9.17) is 9.47 Å². The Morgan fingerprint density at radius 3 is 2.64 bits per heavy atom. The van der Waals surface area contributed by atoms with Crippen LogP contribution in [0.15, 0.2) is 47.6 Å². The standard InChI is InChI=1S/C15H15N3O4/c1-21-12-8-7-11(15(9-12)22-2)10-16-17-13-5-3-4-6-14(13)18(19)20/h3-10,17H,1-2H3/b16-10-. The smallest absolute Gasteiger partial charge is 0.294 e. The zero-order valence-electron chi connectivity index (χ0n) is 12.1. The number of para-hydroxylation sites is 2. The second-order valence-corrected chi connectivity index (χ2v) is 4.25. The maximum absolute atomic E-state index is 10.9. The van der Waals surface area contributed by atoms with Crippen LogP contribution in [0, 0.1) is 10.1 Å². The second-order valence-electron chi connectivity index (χ2n) is 4.25. The van der Waals surface area contributed by atoms with Crippen molar-refractivity contribution in [3.63, 3.8) is 0 Å². The van der Waals surface area contributed by atoms with Crippen molar-refractivity contribution < 1.29 is 14.4 Å². The lowest BCUT2D eigenvalue weighted by molar-refractivity contribution is -0.384. The number of nitro benzene ring substituents is 1. The summed E-state index contributed by atoms with van der Waals surface area (Å²) in [7, 11) is 3.11. The maximum Gasteiger partial charge on any atom is 0.294 e. The van der Waals surface area contributed by atoms with Crippen LogP contribution in [0.25, 0.3) is 0 Å². The van der Waals surface area contributed by atoms with Crippen LogP contribution in [-0.4, -0.2) is 25.4 Å². The summed E-state index contributed by atoms with van der Waals surface area (Å²) in [5, 5.41) is 14.9. The molecule has 0 aromatic heterocycles. The second kappa shape index (κ2) is 7.07. The van der Waals surface area contributed by atoms with E-state index in [-0.39, 0.29) is 5.69 Å². The quantitative estimate of drug-likeness (QED) is 0.503. The maximum atomic E-state index is 10.9. The van der Waals surface area contributed by atoms with Gasteiger partial charge in [0.05, 0.1) is 25.4 Å². The van der Waals surface area contributed by atoms with Crippen molar-refractivity contribution >= 4 is 17.6 Å². The number of nitrogens with zero attached hydrogens (tertiary/aromatic N) is 2. The van der Waals surface area contributed by atoms with Crippen LogP contribution in [-0.2, 0) is 0 Å². The first-order valence-corrected chi connectivity index (χ1v) is 6.40. The highest BCUT2D eigenvalue weighted by Gasteiger charge is 2.11. The van der Waals surface area contributed by atoms with Crippen LogP contribution in [0.4, 0.5) is 11.4 Å². The van der Waals surface area contributed by atoms with E-state index in [0.717, 1.165) is 5.56 Å². The Balaban J connectivity index is 2.18. The molecule has 0 aliphatic carbocycles. The number of nitrogens with one attached hydrogen (secondary N) is 1. The van der Waals surface area contributed by atoms with Gasteiger partial charge >= 0.3 is 0 Å². The van der Waals surface area contributed by atoms with E-state index < -0.39 is 4.92 Å². The summed E-state index contributed by atoms with van der Waals surface area (Å²) in [4.78, 5) is 10.4.